The van der Waals surface area contributed by atoms with Crippen molar-refractivity contribution in [3.05, 3.63) is 71.4 Å². The Bertz CT molecular complexity index is 910. The molecule has 5 heteroatoms. The molecule has 2 N–H and O–H groups in total. The van der Waals surface area contributed by atoms with Crippen molar-refractivity contribution in [2.75, 3.05) is 10.6 Å². The Labute approximate surface area is 159 Å². The summed E-state index contributed by atoms with van der Waals surface area (Å²) in [5.41, 5.74) is 2.90. The second kappa shape index (κ2) is 9.35. The van der Waals surface area contributed by atoms with Crippen LogP contribution >= 0.6 is 0 Å². The van der Waals surface area contributed by atoms with E-state index in [4.69, 9.17) is 0 Å². The molecule has 0 bridgehead atoms. The van der Waals surface area contributed by atoms with Crippen molar-refractivity contribution in [2.24, 2.45) is 0 Å². The number of nitrogens with one attached hydrogen (secondary N) is 2. The average Bonchev–Trinajstić information content (AvgIpc) is 2.68. The van der Waals surface area contributed by atoms with E-state index in [2.05, 4.69) is 24.5 Å². The summed E-state index contributed by atoms with van der Waals surface area (Å²) in [7, 11) is 0. The molecule has 1 amide bonds. The SMILES string of the molecule is CCC(C)c1ccccc1N/C=C(/C#N)C(=O)Nc1cccc(C(C)=O)c1. The Morgan fingerprint density at radius 1 is 1.19 bits per heavy atom. The van der Waals surface area contributed by atoms with Crippen LogP contribution in [0.15, 0.2) is 60.3 Å². The Balaban J connectivity index is 2.17. The number of hydrogen-bond donors (Lipinski definition) is 2. The molecule has 0 saturated heterocycles. The lowest BCUT2D eigenvalue weighted by atomic mass is 9.97. The Kier molecular flexibility index (Phi) is 6.90. The predicted molar refractivity (Wildman–Crippen MR) is 108 cm³/mol. The first-order valence-electron chi connectivity index (χ1n) is 8.84. The number of carbonyl (C=O) groups excluding carboxylic acids is 2. The zero-order chi connectivity index (χ0) is 19.8. The minimum atomic E-state index is -0.535. The summed E-state index contributed by atoms with van der Waals surface area (Å²) < 4.78 is 0. The van der Waals surface area contributed by atoms with Gasteiger partial charge in [0.15, 0.2) is 5.78 Å². The van der Waals surface area contributed by atoms with E-state index in [0.717, 1.165) is 17.7 Å². The van der Waals surface area contributed by atoms with Gasteiger partial charge in [-0.3, -0.25) is 9.59 Å². The fourth-order valence-corrected chi connectivity index (χ4v) is 2.59. The quantitative estimate of drug-likeness (QED) is 0.419. The molecule has 0 saturated carbocycles. The molecule has 27 heavy (non-hydrogen) atoms. The molecule has 0 spiro atoms. The van der Waals surface area contributed by atoms with Gasteiger partial charge in [-0.2, -0.15) is 5.26 Å². The molecule has 0 heterocycles. The molecule has 0 aliphatic heterocycles. The third-order valence-corrected chi connectivity index (χ3v) is 4.37. The number of para-hydroxylation sites is 1. The van der Waals surface area contributed by atoms with Gasteiger partial charge in [-0.25, -0.2) is 0 Å². The van der Waals surface area contributed by atoms with Gasteiger partial charge in [-0.1, -0.05) is 44.2 Å². The van der Waals surface area contributed by atoms with Crippen LogP contribution in [0.25, 0.3) is 0 Å². The van der Waals surface area contributed by atoms with E-state index >= 15 is 0 Å². The highest BCUT2D eigenvalue weighted by molar-refractivity contribution is 6.07. The largest absolute Gasteiger partial charge is 0.360 e. The van der Waals surface area contributed by atoms with E-state index in [1.165, 1.54) is 13.1 Å². The van der Waals surface area contributed by atoms with Gasteiger partial charge in [0, 0.05) is 23.1 Å². The summed E-state index contributed by atoms with van der Waals surface area (Å²) in [6.07, 6.45) is 2.39. The van der Waals surface area contributed by atoms with Gasteiger partial charge in [-0.15, -0.1) is 0 Å². The smallest absolute Gasteiger partial charge is 0.267 e. The molecule has 2 aromatic carbocycles. The fourth-order valence-electron chi connectivity index (χ4n) is 2.59. The molecule has 2 rings (SSSR count). The molecule has 138 valence electrons. The van der Waals surface area contributed by atoms with Crippen molar-refractivity contribution in [3.63, 3.8) is 0 Å². The minimum Gasteiger partial charge on any atom is -0.360 e. The maximum Gasteiger partial charge on any atom is 0.267 e. The van der Waals surface area contributed by atoms with Gasteiger partial charge in [0.2, 0.25) is 0 Å². The van der Waals surface area contributed by atoms with Crippen molar-refractivity contribution in [1.82, 2.24) is 0 Å². The number of carbonyl (C=O) groups is 2. The lowest BCUT2D eigenvalue weighted by Crippen LogP contribution is -2.15. The number of hydrogen-bond acceptors (Lipinski definition) is 4. The normalized spacial score (nSPS) is 12.0. The lowest BCUT2D eigenvalue weighted by Gasteiger charge is -2.14. The van der Waals surface area contributed by atoms with Gasteiger partial charge in [0.05, 0.1) is 0 Å². The molecule has 0 aromatic heterocycles. The van der Waals surface area contributed by atoms with Crippen LogP contribution in [0, 0.1) is 11.3 Å². The van der Waals surface area contributed by atoms with Crippen molar-refractivity contribution in [3.8, 4) is 6.07 Å². The summed E-state index contributed by atoms with van der Waals surface area (Å²) in [5.74, 6) is -0.270. The third-order valence-electron chi connectivity index (χ3n) is 4.37. The summed E-state index contributed by atoms with van der Waals surface area (Å²) in [6, 6.07) is 16.3. The number of rotatable bonds is 7. The van der Waals surface area contributed by atoms with Gasteiger partial charge in [0.1, 0.15) is 11.6 Å². The van der Waals surface area contributed by atoms with Gasteiger partial charge >= 0.3 is 0 Å². The van der Waals surface area contributed by atoms with Gasteiger partial charge in [0.25, 0.3) is 5.91 Å². The minimum absolute atomic E-state index is 0.0535. The molecule has 0 aliphatic rings. The van der Waals surface area contributed by atoms with E-state index in [-0.39, 0.29) is 11.4 Å². The van der Waals surface area contributed by atoms with Gasteiger partial charge in [-0.05, 0) is 43.0 Å². The molecule has 1 unspecified atom stereocenters. The first-order chi connectivity index (χ1) is 13.0. The Morgan fingerprint density at radius 3 is 2.59 bits per heavy atom. The van der Waals surface area contributed by atoms with Crippen LogP contribution in [0.3, 0.4) is 0 Å². The molecule has 5 nitrogen and oxygen atoms in total. The summed E-state index contributed by atoms with van der Waals surface area (Å²) in [4.78, 5) is 23.9. The first kappa shape index (κ1) is 19.9. The average molecular weight is 361 g/mol. The molecule has 0 aliphatic carbocycles. The van der Waals surface area contributed by atoms with Crippen LogP contribution in [-0.2, 0) is 4.79 Å². The highest BCUT2D eigenvalue weighted by Gasteiger charge is 2.12. The van der Waals surface area contributed by atoms with E-state index in [1.54, 1.807) is 24.3 Å². The maximum atomic E-state index is 12.4. The summed E-state index contributed by atoms with van der Waals surface area (Å²) >= 11 is 0. The van der Waals surface area contributed by atoms with Crippen LogP contribution in [0.4, 0.5) is 11.4 Å². The number of benzene rings is 2. The van der Waals surface area contributed by atoms with Gasteiger partial charge < -0.3 is 10.6 Å². The Morgan fingerprint density at radius 2 is 1.93 bits per heavy atom. The second-order valence-corrected chi connectivity index (χ2v) is 6.30. The predicted octanol–water partition coefficient (Wildman–Crippen LogP) is 4.86. The van der Waals surface area contributed by atoms with Crippen LogP contribution in [-0.4, -0.2) is 11.7 Å². The van der Waals surface area contributed by atoms with Crippen molar-refractivity contribution < 1.29 is 9.59 Å². The van der Waals surface area contributed by atoms with Crippen molar-refractivity contribution >= 4 is 23.1 Å². The molecule has 0 radical (unpaired) electrons. The van der Waals surface area contributed by atoms with Crippen LogP contribution in [0.1, 0.15) is 49.0 Å². The monoisotopic (exact) mass is 361 g/mol. The summed E-state index contributed by atoms with van der Waals surface area (Å²) in [5, 5.41) is 15.1. The topological polar surface area (TPSA) is 82.0 Å². The van der Waals surface area contributed by atoms with Crippen LogP contribution in [0.5, 0.6) is 0 Å². The zero-order valence-corrected chi connectivity index (χ0v) is 15.7. The Hall–Kier alpha value is -3.39. The number of anilines is 2. The summed E-state index contributed by atoms with van der Waals surface area (Å²) in [6.45, 7) is 5.70. The maximum absolute atomic E-state index is 12.4. The number of amides is 1. The fraction of sp³-hybridized carbons (Fsp3) is 0.227. The highest BCUT2D eigenvalue weighted by atomic mass is 16.1. The van der Waals surface area contributed by atoms with E-state index in [1.807, 2.05) is 30.3 Å². The first-order valence-corrected chi connectivity index (χ1v) is 8.84. The molecular weight excluding hydrogens is 338 g/mol. The van der Waals surface area contributed by atoms with Crippen molar-refractivity contribution in [2.45, 2.75) is 33.1 Å². The lowest BCUT2D eigenvalue weighted by molar-refractivity contribution is -0.112. The third kappa shape index (κ3) is 5.29. The standard InChI is InChI=1S/C22H23N3O2/c1-4-15(2)20-10-5-6-11-21(20)24-14-18(13-23)22(27)25-19-9-7-8-17(12-19)16(3)26/h5-12,14-15,24H,4H2,1-3H3,(H,25,27)/b18-14-. The zero-order valence-electron chi connectivity index (χ0n) is 15.7. The van der Waals surface area contributed by atoms with E-state index in [0.29, 0.717) is 17.2 Å². The molecular formula is C22H23N3O2. The van der Waals surface area contributed by atoms with E-state index < -0.39 is 5.91 Å². The molecule has 2 aromatic rings. The number of nitrogens with zero attached hydrogens (tertiary/aromatic N) is 1. The number of Topliss-reactive ketones (excluding diaryl/α,β-unsaturated/α-hetero) is 1. The number of ketones is 1. The van der Waals surface area contributed by atoms with Crippen LogP contribution < -0.4 is 10.6 Å². The van der Waals surface area contributed by atoms with Crippen molar-refractivity contribution in [1.29, 1.82) is 5.26 Å². The molecule has 0 fully saturated rings. The van der Waals surface area contributed by atoms with Crippen LogP contribution in [0.2, 0.25) is 0 Å². The molecule has 1 atom stereocenters. The second-order valence-electron chi connectivity index (χ2n) is 6.30. The van der Waals surface area contributed by atoms with E-state index in [9.17, 15) is 14.9 Å². The highest BCUT2D eigenvalue weighted by Crippen LogP contribution is 2.26. The number of nitriles is 1.